The zero-order valence-corrected chi connectivity index (χ0v) is 26.7. The van der Waals surface area contributed by atoms with Crippen LogP contribution in [0.15, 0.2) is 59.0 Å². The third-order valence-electron chi connectivity index (χ3n) is 8.79. The smallest absolute Gasteiger partial charge is 0.455 e. The van der Waals surface area contributed by atoms with Gasteiger partial charge in [0.05, 0.1) is 29.0 Å². The fourth-order valence-corrected chi connectivity index (χ4v) is 6.24. The number of thiol groups is 1. The van der Waals surface area contributed by atoms with Crippen molar-refractivity contribution in [2.24, 2.45) is 0 Å². The van der Waals surface area contributed by atoms with Crippen LogP contribution in [0.4, 0.5) is 10.1 Å². The van der Waals surface area contributed by atoms with Gasteiger partial charge in [0, 0.05) is 34.5 Å². The standard InChI is InChI=1S/C32H33BClFN2O6S/c1-31(2)32(3,4)43-33(42-31)24-13-6-18(14-25(24)35)17-37(44(39)40)26-16-27-23(15-22(26)19-7-8-19)28(30(38)36-5)29(41-27)20-9-11-21(34)12-10-20/h6,9-16,19,44H,7-8,17H2,1-5H3,(H,36,38). The number of carbonyl (C=O) groups is 1. The molecule has 8 nitrogen and oxygen atoms in total. The molecule has 12 heteroatoms. The predicted octanol–water partition coefficient (Wildman–Crippen LogP) is 5.96. The van der Waals surface area contributed by atoms with Crippen LogP contribution in [0, 0.1) is 5.82 Å². The van der Waals surface area contributed by atoms with E-state index < -0.39 is 35.0 Å². The number of anilines is 1. The van der Waals surface area contributed by atoms with E-state index in [4.69, 9.17) is 25.3 Å². The molecule has 3 aromatic carbocycles. The Bertz CT molecular complexity index is 1830. The van der Waals surface area contributed by atoms with Crippen LogP contribution in [0.25, 0.3) is 22.3 Å². The third-order valence-corrected chi connectivity index (χ3v) is 9.80. The molecule has 2 fully saturated rings. The van der Waals surface area contributed by atoms with E-state index >= 15 is 4.39 Å². The molecule has 1 saturated carbocycles. The van der Waals surface area contributed by atoms with E-state index in [2.05, 4.69) is 5.32 Å². The van der Waals surface area contributed by atoms with Gasteiger partial charge in [0.25, 0.3) is 5.91 Å². The number of benzene rings is 3. The maximum Gasteiger partial charge on any atom is 0.497 e. The minimum Gasteiger partial charge on any atom is -0.455 e. The van der Waals surface area contributed by atoms with Crippen molar-refractivity contribution in [3.8, 4) is 11.3 Å². The van der Waals surface area contributed by atoms with Gasteiger partial charge in [-0.1, -0.05) is 23.7 Å². The number of carbonyl (C=O) groups excluding carboxylic acids is 1. The van der Waals surface area contributed by atoms with Crippen molar-refractivity contribution < 1.29 is 31.3 Å². The van der Waals surface area contributed by atoms with Crippen molar-refractivity contribution in [3.05, 3.63) is 82.1 Å². The molecule has 1 amide bonds. The number of hydrogen-bond acceptors (Lipinski definition) is 6. The van der Waals surface area contributed by atoms with Crippen molar-refractivity contribution in [2.45, 2.75) is 64.2 Å². The first-order valence-electron chi connectivity index (χ1n) is 14.4. The van der Waals surface area contributed by atoms with E-state index in [0.29, 0.717) is 44.1 Å². The van der Waals surface area contributed by atoms with Crippen molar-refractivity contribution in [1.82, 2.24) is 5.32 Å². The van der Waals surface area contributed by atoms with Crippen LogP contribution in [0.3, 0.4) is 0 Å². The summed E-state index contributed by atoms with van der Waals surface area (Å²) in [5.41, 5.74) is 2.04. The molecule has 0 atom stereocenters. The summed E-state index contributed by atoms with van der Waals surface area (Å²) in [6, 6.07) is 15.0. The Hall–Kier alpha value is -3.38. The Balaban J connectivity index is 1.40. The molecule has 2 heterocycles. The highest BCUT2D eigenvalue weighted by atomic mass is 35.5. The Morgan fingerprint density at radius 3 is 2.27 bits per heavy atom. The normalized spacial score (nSPS) is 17.4. The highest BCUT2D eigenvalue weighted by Gasteiger charge is 2.52. The van der Waals surface area contributed by atoms with Gasteiger partial charge in [-0.15, -0.1) is 0 Å². The van der Waals surface area contributed by atoms with Gasteiger partial charge >= 0.3 is 7.12 Å². The molecule has 0 spiro atoms. The Kier molecular flexibility index (Phi) is 7.81. The van der Waals surface area contributed by atoms with Crippen LogP contribution in [-0.4, -0.2) is 39.7 Å². The quantitative estimate of drug-likeness (QED) is 0.183. The van der Waals surface area contributed by atoms with Gasteiger partial charge in [0.15, 0.2) is 0 Å². The average molecular weight is 639 g/mol. The van der Waals surface area contributed by atoms with Gasteiger partial charge in [0.2, 0.25) is 10.9 Å². The molecule has 1 aliphatic heterocycles. The maximum atomic E-state index is 15.4. The summed E-state index contributed by atoms with van der Waals surface area (Å²) in [6.07, 6.45) is 1.77. The largest absolute Gasteiger partial charge is 0.497 e. The average Bonchev–Trinajstić information content (AvgIpc) is 3.70. The van der Waals surface area contributed by atoms with Crippen LogP contribution in [0.1, 0.15) is 67.9 Å². The first-order chi connectivity index (χ1) is 20.8. The van der Waals surface area contributed by atoms with Crippen LogP contribution in [-0.2, 0) is 26.7 Å². The molecular formula is C32H33BClFN2O6S. The summed E-state index contributed by atoms with van der Waals surface area (Å²) in [4.78, 5) is 13.1. The molecule has 44 heavy (non-hydrogen) atoms. The van der Waals surface area contributed by atoms with Gasteiger partial charge in [-0.3, -0.25) is 9.10 Å². The second-order valence-electron chi connectivity index (χ2n) is 12.3. The molecule has 2 aliphatic rings. The number of amides is 1. The van der Waals surface area contributed by atoms with E-state index in [9.17, 15) is 13.2 Å². The zero-order valence-electron chi connectivity index (χ0n) is 25.1. The fraction of sp³-hybridized carbons (Fsp3) is 0.344. The number of furan rings is 1. The van der Waals surface area contributed by atoms with Crippen molar-refractivity contribution in [2.75, 3.05) is 11.4 Å². The number of fused-ring (bicyclic) bond motifs is 1. The molecule has 1 aromatic heterocycles. The molecular weight excluding hydrogens is 606 g/mol. The Morgan fingerprint density at radius 2 is 1.70 bits per heavy atom. The minimum absolute atomic E-state index is 0.0997. The van der Waals surface area contributed by atoms with Crippen LogP contribution in [0.2, 0.25) is 5.02 Å². The summed E-state index contributed by atoms with van der Waals surface area (Å²) in [7, 11) is -2.46. The van der Waals surface area contributed by atoms with E-state index in [1.54, 1.807) is 49.5 Å². The summed E-state index contributed by atoms with van der Waals surface area (Å²) in [5, 5.41) is 3.81. The number of hydrogen-bond donors (Lipinski definition) is 2. The van der Waals surface area contributed by atoms with Gasteiger partial charge in [0.1, 0.15) is 17.2 Å². The van der Waals surface area contributed by atoms with Gasteiger partial charge < -0.3 is 19.0 Å². The number of halogens is 2. The molecule has 230 valence electrons. The van der Waals surface area contributed by atoms with Crippen LogP contribution >= 0.6 is 11.6 Å². The SMILES string of the molecule is CNC(=O)c1c(-c2ccc(Cl)cc2)oc2cc(N(Cc3ccc(B4OC(C)(C)C(C)(C)O4)c(F)c3)[SH](=O)=O)c(C3CC3)cc12. The summed E-state index contributed by atoms with van der Waals surface area (Å²) in [6.45, 7) is 7.48. The topological polar surface area (TPSA) is 98.1 Å². The van der Waals surface area contributed by atoms with E-state index in [-0.39, 0.29) is 23.8 Å². The summed E-state index contributed by atoms with van der Waals surface area (Å²) < 4.78 is 60.4. The highest BCUT2D eigenvalue weighted by molar-refractivity contribution is 7.74. The fourth-order valence-electron chi connectivity index (χ4n) is 5.48. The van der Waals surface area contributed by atoms with Gasteiger partial charge in [-0.05, 0) is 94.0 Å². The molecule has 0 radical (unpaired) electrons. The number of rotatable bonds is 8. The van der Waals surface area contributed by atoms with Crippen molar-refractivity contribution in [3.63, 3.8) is 0 Å². The lowest BCUT2D eigenvalue weighted by Crippen LogP contribution is -2.41. The molecule has 1 N–H and O–H groups in total. The molecule has 4 aromatic rings. The minimum atomic E-state index is -3.12. The van der Waals surface area contributed by atoms with E-state index in [0.717, 1.165) is 18.4 Å². The lowest BCUT2D eigenvalue weighted by molar-refractivity contribution is 0.00578. The first kappa shape index (κ1) is 30.6. The molecule has 6 rings (SSSR count). The molecule has 1 aliphatic carbocycles. The first-order valence-corrected chi connectivity index (χ1v) is 15.9. The van der Waals surface area contributed by atoms with Gasteiger partial charge in [-0.25, -0.2) is 12.8 Å². The lowest BCUT2D eigenvalue weighted by Gasteiger charge is -2.32. The van der Waals surface area contributed by atoms with E-state index in [1.165, 1.54) is 10.4 Å². The lowest BCUT2D eigenvalue weighted by atomic mass is 9.78. The van der Waals surface area contributed by atoms with Crippen molar-refractivity contribution in [1.29, 1.82) is 0 Å². The number of nitrogens with zero attached hydrogens (tertiary/aromatic N) is 1. The third kappa shape index (κ3) is 5.51. The van der Waals surface area contributed by atoms with Crippen molar-refractivity contribution >= 4 is 57.6 Å². The highest BCUT2D eigenvalue weighted by Crippen LogP contribution is 2.48. The molecule has 1 saturated heterocycles. The zero-order chi connectivity index (χ0) is 31.6. The number of nitrogens with one attached hydrogen (secondary N) is 1. The summed E-state index contributed by atoms with van der Waals surface area (Å²) in [5.74, 6) is -0.393. The second-order valence-corrected chi connectivity index (χ2v) is 13.7. The van der Waals surface area contributed by atoms with Gasteiger partial charge in [-0.2, -0.15) is 0 Å². The Labute approximate surface area is 262 Å². The monoisotopic (exact) mass is 638 g/mol. The van der Waals surface area contributed by atoms with Crippen LogP contribution in [0.5, 0.6) is 0 Å². The summed E-state index contributed by atoms with van der Waals surface area (Å²) >= 11 is 6.09. The second kappa shape index (κ2) is 11.2. The van der Waals surface area contributed by atoms with E-state index in [1.807, 2.05) is 33.8 Å². The molecule has 0 unspecified atom stereocenters. The van der Waals surface area contributed by atoms with Crippen LogP contribution < -0.4 is 15.1 Å². The molecule has 0 bridgehead atoms. The Morgan fingerprint density at radius 1 is 1.05 bits per heavy atom. The maximum absolute atomic E-state index is 15.4. The predicted molar refractivity (Wildman–Crippen MR) is 171 cm³/mol.